The van der Waals surface area contributed by atoms with Crippen molar-refractivity contribution in [3.05, 3.63) is 59.7 Å². The maximum Gasteiger partial charge on any atom is 0.255 e. The molecule has 2 aliphatic heterocycles. The van der Waals surface area contributed by atoms with Gasteiger partial charge in [0.05, 0.1) is 31.4 Å². The van der Waals surface area contributed by atoms with Gasteiger partial charge in [-0.3, -0.25) is 14.8 Å². The van der Waals surface area contributed by atoms with Gasteiger partial charge in [0.15, 0.2) is 0 Å². The number of hydrogen-bond acceptors (Lipinski definition) is 5. The molecule has 6 nitrogen and oxygen atoms in total. The lowest BCUT2D eigenvalue weighted by molar-refractivity contribution is -0.188. The highest BCUT2D eigenvalue weighted by Gasteiger charge is 2.49. The molecule has 136 valence electrons. The van der Waals surface area contributed by atoms with Gasteiger partial charge < -0.3 is 14.4 Å². The molecule has 2 fully saturated rings. The first kappa shape index (κ1) is 17.1. The van der Waals surface area contributed by atoms with Crippen molar-refractivity contribution in [3.63, 3.8) is 0 Å². The molecule has 1 spiro atoms. The fraction of sp³-hybridized carbons (Fsp3) is 0.450. The van der Waals surface area contributed by atoms with Crippen molar-refractivity contribution in [3.8, 4) is 0 Å². The molecule has 26 heavy (non-hydrogen) atoms. The molecule has 4 rings (SSSR count). The van der Waals surface area contributed by atoms with Crippen LogP contribution in [-0.2, 0) is 16.1 Å². The summed E-state index contributed by atoms with van der Waals surface area (Å²) in [6.07, 6.45) is 7.10. The molecular weight excluding hydrogens is 330 g/mol. The second-order valence-corrected chi connectivity index (χ2v) is 7.17. The quantitative estimate of drug-likeness (QED) is 0.844. The van der Waals surface area contributed by atoms with Gasteiger partial charge in [-0.1, -0.05) is 6.07 Å². The van der Waals surface area contributed by atoms with Gasteiger partial charge in [0.1, 0.15) is 5.60 Å². The van der Waals surface area contributed by atoms with Crippen molar-refractivity contribution >= 4 is 5.91 Å². The minimum atomic E-state index is -0.258. The first-order valence-electron chi connectivity index (χ1n) is 9.00. The molecule has 1 atom stereocenters. The van der Waals surface area contributed by atoms with Crippen LogP contribution in [0.3, 0.4) is 0 Å². The smallest absolute Gasteiger partial charge is 0.255 e. The number of nitrogens with zero attached hydrogens (tertiary/aromatic N) is 3. The summed E-state index contributed by atoms with van der Waals surface area (Å²) in [6, 6.07) is 7.63. The fourth-order valence-corrected chi connectivity index (χ4v) is 3.61. The van der Waals surface area contributed by atoms with Crippen LogP contribution in [0.5, 0.6) is 0 Å². The third-order valence-corrected chi connectivity index (χ3v) is 5.06. The molecule has 6 heteroatoms. The summed E-state index contributed by atoms with van der Waals surface area (Å²) in [5, 5.41) is 0. The average molecular weight is 353 g/mol. The van der Waals surface area contributed by atoms with Crippen molar-refractivity contribution in [1.82, 2.24) is 14.9 Å². The lowest BCUT2D eigenvalue weighted by Crippen LogP contribution is -2.67. The number of carbonyl (C=O) groups is 1. The molecule has 4 heterocycles. The number of amides is 1. The first-order valence-corrected chi connectivity index (χ1v) is 9.00. The summed E-state index contributed by atoms with van der Waals surface area (Å²) in [4.78, 5) is 22.7. The second kappa shape index (κ2) is 7.13. The zero-order valence-electron chi connectivity index (χ0n) is 14.9. The average Bonchev–Trinajstić information content (AvgIpc) is 2.65. The monoisotopic (exact) mass is 353 g/mol. The van der Waals surface area contributed by atoms with Gasteiger partial charge in [0, 0.05) is 37.3 Å². The Kier molecular flexibility index (Phi) is 4.70. The van der Waals surface area contributed by atoms with Crippen LogP contribution in [0.1, 0.15) is 34.5 Å². The molecule has 0 bridgehead atoms. The minimum absolute atomic E-state index is 0.0186. The maximum atomic E-state index is 12.5. The van der Waals surface area contributed by atoms with Crippen LogP contribution in [0, 0.1) is 6.92 Å². The van der Waals surface area contributed by atoms with Crippen LogP contribution in [0.2, 0.25) is 0 Å². The predicted octanol–water partition coefficient (Wildman–Crippen LogP) is 2.38. The summed E-state index contributed by atoms with van der Waals surface area (Å²) in [5.41, 5.74) is 2.35. The highest BCUT2D eigenvalue weighted by atomic mass is 16.5. The Morgan fingerprint density at radius 2 is 2.23 bits per heavy atom. The van der Waals surface area contributed by atoms with E-state index in [2.05, 4.69) is 9.97 Å². The molecular formula is C20H23N3O3. The summed E-state index contributed by atoms with van der Waals surface area (Å²) in [7, 11) is 0. The van der Waals surface area contributed by atoms with Crippen molar-refractivity contribution < 1.29 is 14.3 Å². The standard InChI is InChI=1S/C20H23N3O3/c1-15-4-5-17(11-22-15)19(24)23-13-20(14-23)9-18(6-8-26-20)25-12-16-3-2-7-21-10-16/h2-5,7,10-11,18H,6,8-9,12-14H2,1H3/t18-/m0/s1. The largest absolute Gasteiger partial charge is 0.373 e. The van der Waals surface area contributed by atoms with Crippen molar-refractivity contribution in [2.45, 2.75) is 38.1 Å². The third kappa shape index (κ3) is 3.61. The van der Waals surface area contributed by atoms with Gasteiger partial charge in [-0.05, 0) is 37.1 Å². The summed E-state index contributed by atoms with van der Waals surface area (Å²) in [6.45, 7) is 4.38. The van der Waals surface area contributed by atoms with E-state index in [4.69, 9.17) is 9.47 Å². The van der Waals surface area contributed by atoms with Gasteiger partial charge in [-0.15, -0.1) is 0 Å². The van der Waals surface area contributed by atoms with Gasteiger partial charge in [0.25, 0.3) is 5.91 Å². The molecule has 2 saturated heterocycles. The van der Waals surface area contributed by atoms with E-state index in [0.29, 0.717) is 31.9 Å². The molecule has 0 unspecified atom stereocenters. The summed E-state index contributed by atoms with van der Waals surface area (Å²) >= 11 is 0. The van der Waals surface area contributed by atoms with E-state index >= 15 is 0 Å². The van der Waals surface area contributed by atoms with Gasteiger partial charge in [-0.25, -0.2) is 0 Å². The van der Waals surface area contributed by atoms with Crippen molar-refractivity contribution in [2.24, 2.45) is 0 Å². The Morgan fingerprint density at radius 3 is 2.96 bits per heavy atom. The number of likely N-dealkylation sites (tertiary alicyclic amines) is 1. The van der Waals surface area contributed by atoms with Crippen LogP contribution in [-0.4, -0.2) is 52.2 Å². The number of aromatic nitrogens is 2. The topological polar surface area (TPSA) is 64.6 Å². The van der Waals surface area contributed by atoms with Crippen LogP contribution in [0.25, 0.3) is 0 Å². The number of ether oxygens (including phenoxy) is 2. The van der Waals surface area contributed by atoms with Gasteiger partial charge >= 0.3 is 0 Å². The lowest BCUT2D eigenvalue weighted by Gasteiger charge is -2.53. The molecule has 0 aromatic carbocycles. The molecule has 0 aliphatic carbocycles. The van der Waals surface area contributed by atoms with E-state index in [-0.39, 0.29) is 17.6 Å². The fourth-order valence-electron chi connectivity index (χ4n) is 3.61. The molecule has 1 amide bonds. The van der Waals surface area contributed by atoms with E-state index in [9.17, 15) is 4.79 Å². The van der Waals surface area contributed by atoms with Crippen LogP contribution in [0.15, 0.2) is 42.9 Å². The number of carbonyl (C=O) groups excluding carboxylic acids is 1. The number of rotatable bonds is 4. The lowest BCUT2D eigenvalue weighted by atomic mass is 9.84. The normalized spacial score (nSPS) is 21.4. The van der Waals surface area contributed by atoms with E-state index in [0.717, 1.165) is 24.1 Å². The van der Waals surface area contributed by atoms with Gasteiger partial charge in [0.2, 0.25) is 0 Å². The summed E-state index contributed by atoms with van der Waals surface area (Å²) in [5.74, 6) is 0.0186. The second-order valence-electron chi connectivity index (χ2n) is 7.17. The molecule has 2 aromatic rings. The zero-order valence-corrected chi connectivity index (χ0v) is 14.9. The molecule has 2 aromatic heterocycles. The Balaban J connectivity index is 1.31. The molecule has 0 saturated carbocycles. The number of aryl methyl sites for hydroxylation is 1. The van der Waals surface area contributed by atoms with E-state index < -0.39 is 0 Å². The Labute approximate surface area is 153 Å². The number of hydrogen-bond donors (Lipinski definition) is 0. The van der Waals surface area contributed by atoms with Crippen LogP contribution in [0.4, 0.5) is 0 Å². The highest BCUT2D eigenvalue weighted by Crippen LogP contribution is 2.36. The van der Waals surface area contributed by atoms with Crippen LogP contribution < -0.4 is 0 Å². The third-order valence-electron chi connectivity index (χ3n) is 5.06. The van der Waals surface area contributed by atoms with E-state index in [1.54, 1.807) is 12.4 Å². The minimum Gasteiger partial charge on any atom is -0.373 e. The molecule has 0 N–H and O–H groups in total. The summed E-state index contributed by atoms with van der Waals surface area (Å²) < 4.78 is 12.1. The highest BCUT2D eigenvalue weighted by molar-refractivity contribution is 5.94. The van der Waals surface area contributed by atoms with Crippen molar-refractivity contribution in [2.75, 3.05) is 19.7 Å². The molecule has 2 aliphatic rings. The Hall–Kier alpha value is -2.31. The Bertz CT molecular complexity index is 758. The van der Waals surface area contributed by atoms with Crippen molar-refractivity contribution in [1.29, 1.82) is 0 Å². The maximum absolute atomic E-state index is 12.5. The van der Waals surface area contributed by atoms with E-state index in [1.165, 1.54) is 0 Å². The zero-order chi connectivity index (χ0) is 18.0. The van der Waals surface area contributed by atoms with Crippen LogP contribution >= 0.6 is 0 Å². The SMILES string of the molecule is Cc1ccc(C(=O)N2CC3(C[C@@H](OCc4cccnc4)CCO3)C2)cn1. The first-order chi connectivity index (χ1) is 12.6. The van der Waals surface area contributed by atoms with Gasteiger partial charge in [-0.2, -0.15) is 0 Å². The predicted molar refractivity (Wildman–Crippen MR) is 95.6 cm³/mol. The molecule has 0 radical (unpaired) electrons. The number of pyridine rings is 2. The Morgan fingerprint density at radius 1 is 1.35 bits per heavy atom. The van der Waals surface area contributed by atoms with E-state index in [1.807, 2.05) is 42.3 Å².